The highest BCUT2D eigenvalue weighted by Crippen LogP contribution is 2.68. The molecule has 0 atom stereocenters. The second kappa shape index (κ2) is 10.1. The molecule has 0 saturated carbocycles. The maximum atomic E-state index is 7.05. The Bertz CT molecular complexity index is 2820. The van der Waals surface area contributed by atoms with Crippen LogP contribution in [0.15, 0.2) is 156 Å². The molecule has 1 aromatic heterocycles. The van der Waals surface area contributed by atoms with E-state index in [4.69, 9.17) is 13.7 Å². The smallest absolute Gasteiger partial charge is 0.456 e. The normalized spacial score (nSPS) is 18.4. The molecule has 1 fully saturated rings. The number of rotatable bonds is 1. The largest absolute Gasteiger partial charge is 0.494 e. The van der Waals surface area contributed by atoms with Crippen LogP contribution in [0.2, 0.25) is 0 Å². The zero-order valence-corrected chi connectivity index (χ0v) is 30.7. The van der Waals surface area contributed by atoms with Crippen LogP contribution in [-0.4, -0.2) is 18.3 Å². The molecule has 7 aromatic carbocycles. The first-order chi connectivity index (χ1) is 26.3. The summed E-state index contributed by atoms with van der Waals surface area (Å²) in [6.45, 7) is 8.48. The SMILES string of the molecule is CC1(C)OB(c2ccc3c(c2)-c2ccc4c(oc5ccccc54)c2C32c3ccccc3C3(c4ccccc4-c4ccccc43)c3ccccc32)OC1(C)C. The van der Waals surface area contributed by atoms with E-state index in [1.807, 2.05) is 0 Å². The van der Waals surface area contributed by atoms with Gasteiger partial charge in [-0.05, 0) is 106 Å². The molecule has 4 heteroatoms. The van der Waals surface area contributed by atoms with Crippen molar-refractivity contribution in [2.24, 2.45) is 0 Å². The van der Waals surface area contributed by atoms with E-state index in [0.29, 0.717) is 0 Å². The predicted molar refractivity (Wildman–Crippen MR) is 218 cm³/mol. The Balaban J connectivity index is 1.24. The molecule has 1 saturated heterocycles. The highest BCUT2D eigenvalue weighted by atomic mass is 16.7. The molecule has 2 spiro atoms. The van der Waals surface area contributed by atoms with Gasteiger partial charge in [-0.25, -0.2) is 0 Å². The van der Waals surface area contributed by atoms with Crippen LogP contribution in [0.5, 0.6) is 0 Å². The number of para-hydroxylation sites is 1. The first-order valence-corrected chi connectivity index (χ1v) is 19.1. The van der Waals surface area contributed by atoms with Crippen LogP contribution < -0.4 is 5.46 Å². The lowest BCUT2D eigenvalue weighted by atomic mass is 9.52. The van der Waals surface area contributed by atoms with Crippen molar-refractivity contribution in [3.63, 3.8) is 0 Å². The van der Waals surface area contributed by atoms with E-state index < -0.39 is 29.2 Å². The fourth-order valence-electron chi connectivity index (χ4n) is 10.7. The van der Waals surface area contributed by atoms with Crippen LogP contribution in [0.25, 0.3) is 44.2 Å². The minimum absolute atomic E-state index is 0.445. The fraction of sp³-hybridized carbons (Fsp3) is 0.160. The van der Waals surface area contributed by atoms with Gasteiger partial charge in [0.05, 0.1) is 22.0 Å². The van der Waals surface area contributed by atoms with Gasteiger partial charge in [0.1, 0.15) is 11.2 Å². The Kier molecular flexibility index (Phi) is 5.75. The van der Waals surface area contributed by atoms with Gasteiger partial charge in [0.25, 0.3) is 0 Å². The lowest BCUT2D eigenvalue weighted by molar-refractivity contribution is 0.00578. The van der Waals surface area contributed by atoms with Crippen molar-refractivity contribution >= 4 is 34.5 Å². The van der Waals surface area contributed by atoms with E-state index in [2.05, 4.69) is 179 Å². The van der Waals surface area contributed by atoms with E-state index in [1.165, 1.54) is 66.8 Å². The van der Waals surface area contributed by atoms with Crippen molar-refractivity contribution in [2.45, 2.75) is 49.7 Å². The Morgan fingerprint density at radius 3 is 1.52 bits per heavy atom. The lowest BCUT2D eigenvalue weighted by Crippen LogP contribution is -2.44. The molecule has 0 N–H and O–H groups in total. The van der Waals surface area contributed by atoms with E-state index in [1.54, 1.807) is 0 Å². The maximum absolute atomic E-state index is 7.05. The Hall–Kier alpha value is -5.68. The van der Waals surface area contributed by atoms with Crippen LogP contribution >= 0.6 is 0 Å². The van der Waals surface area contributed by atoms with Crippen LogP contribution in [0.3, 0.4) is 0 Å². The maximum Gasteiger partial charge on any atom is 0.494 e. The number of fused-ring (bicyclic) bond motifs is 20. The topological polar surface area (TPSA) is 31.6 Å². The van der Waals surface area contributed by atoms with Crippen molar-refractivity contribution in [3.8, 4) is 22.3 Å². The quantitative estimate of drug-likeness (QED) is 0.160. The van der Waals surface area contributed by atoms with E-state index in [0.717, 1.165) is 27.4 Å². The Morgan fingerprint density at radius 2 is 0.907 bits per heavy atom. The van der Waals surface area contributed by atoms with Crippen molar-refractivity contribution in [2.75, 3.05) is 0 Å². The molecule has 0 amide bonds. The lowest BCUT2D eigenvalue weighted by Gasteiger charge is -2.48. The Labute approximate surface area is 315 Å². The minimum Gasteiger partial charge on any atom is -0.456 e. The summed E-state index contributed by atoms with van der Waals surface area (Å²) in [4.78, 5) is 0. The zero-order chi connectivity index (χ0) is 36.2. The summed E-state index contributed by atoms with van der Waals surface area (Å²) in [7, 11) is -0.476. The van der Waals surface area contributed by atoms with Gasteiger partial charge in [0, 0.05) is 16.3 Å². The average molecular weight is 697 g/mol. The molecule has 0 unspecified atom stereocenters. The van der Waals surface area contributed by atoms with Gasteiger partial charge in [-0.2, -0.15) is 0 Å². The molecule has 258 valence electrons. The Morgan fingerprint density at radius 1 is 0.407 bits per heavy atom. The predicted octanol–water partition coefficient (Wildman–Crippen LogP) is 10.9. The van der Waals surface area contributed by atoms with Crippen LogP contribution in [-0.2, 0) is 20.1 Å². The van der Waals surface area contributed by atoms with Crippen LogP contribution in [0.4, 0.5) is 0 Å². The van der Waals surface area contributed by atoms with E-state index in [9.17, 15) is 0 Å². The molecule has 1 aliphatic heterocycles. The summed E-state index contributed by atoms with van der Waals surface area (Å²) in [5, 5.41) is 2.27. The van der Waals surface area contributed by atoms with Crippen molar-refractivity contribution in [1.29, 1.82) is 0 Å². The summed E-state index contributed by atoms with van der Waals surface area (Å²) >= 11 is 0. The molecule has 0 radical (unpaired) electrons. The first kappa shape index (κ1) is 30.8. The zero-order valence-electron chi connectivity index (χ0n) is 30.7. The molecular formula is C50H37BO3. The molecular weight excluding hydrogens is 659 g/mol. The highest BCUT2D eigenvalue weighted by molar-refractivity contribution is 6.62. The van der Waals surface area contributed by atoms with Crippen LogP contribution in [0.1, 0.15) is 72.2 Å². The summed E-state index contributed by atoms with van der Waals surface area (Å²) in [6, 6.07) is 56.5. The van der Waals surface area contributed by atoms with Gasteiger partial charge in [-0.1, -0.05) is 140 Å². The molecule has 54 heavy (non-hydrogen) atoms. The van der Waals surface area contributed by atoms with Gasteiger partial charge in [-0.15, -0.1) is 0 Å². The van der Waals surface area contributed by atoms with E-state index in [-0.39, 0.29) is 0 Å². The second-order valence-corrected chi connectivity index (χ2v) is 16.5. The van der Waals surface area contributed by atoms with Crippen LogP contribution in [0, 0.1) is 0 Å². The fourth-order valence-corrected chi connectivity index (χ4v) is 10.7. The number of hydrogen-bond acceptors (Lipinski definition) is 3. The molecule has 8 aromatic rings. The van der Waals surface area contributed by atoms with Gasteiger partial charge in [-0.3, -0.25) is 0 Å². The second-order valence-electron chi connectivity index (χ2n) is 16.5. The molecule has 3 aliphatic carbocycles. The third-order valence-electron chi connectivity index (χ3n) is 13.6. The molecule has 12 rings (SSSR count). The standard InChI is InChI=1S/C50H37BO3/c1-47(2)48(3,4)54-51(53-47)30-25-28-39-36(29-30)34-26-27-35-33-17-7-14-24-44(33)52-46(35)45(34)50(39)42-22-12-10-20-40(42)49(41-21-11-13-23-43(41)50)37-18-8-5-15-31(37)32-16-6-9-19-38(32)49/h5-29H,1-4H3. The molecule has 3 nitrogen and oxygen atoms in total. The number of hydrogen-bond donors (Lipinski definition) is 0. The number of benzene rings is 7. The van der Waals surface area contributed by atoms with Crippen molar-refractivity contribution in [1.82, 2.24) is 0 Å². The molecule has 4 aliphatic rings. The molecule has 2 heterocycles. The van der Waals surface area contributed by atoms with Gasteiger partial charge in [0.15, 0.2) is 0 Å². The van der Waals surface area contributed by atoms with Gasteiger partial charge >= 0.3 is 7.12 Å². The summed E-state index contributed by atoms with van der Waals surface area (Å²) in [5.41, 5.74) is 16.1. The number of furan rings is 1. The van der Waals surface area contributed by atoms with E-state index >= 15 is 0 Å². The van der Waals surface area contributed by atoms with Gasteiger partial charge in [0.2, 0.25) is 0 Å². The van der Waals surface area contributed by atoms with Crippen molar-refractivity contribution < 1.29 is 13.7 Å². The van der Waals surface area contributed by atoms with Crippen molar-refractivity contribution in [3.05, 3.63) is 196 Å². The summed E-state index contributed by atoms with van der Waals surface area (Å²) in [5.74, 6) is 0. The minimum atomic E-state index is -0.669. The third-order valence-corrected chi connectivity index (χ3v) is 13.6. The summed E-state index contributed by atoms with van der Waals surface area (Å²) in [6.07, 6.45) is 0. The molecule has 0 bridgehead atoms. The summed E-state index contributed by atoms with van der Waals surface area (Å²) < 4.78 is 20.3. The third kappa shape index (κ3) is 3.44. The average Bonchev–Trinajstić information content (AvgIpc) is 3.88. The monoisotopic (exact) mass is 696 g/mol. The first-order valence-electron chi connectivity index (χ1n) is 19.1. The highest BCUT2D eigenvalue weighted by Gasteiger charge is 2.60. The van der Waals surface area contributed by atoms with Gasteiger partial charge < -0.3 is 13.7 Å².